The lowest BCUT2D eigenvalue weighted by molar-refractivity contribution is -0.122. The fourth-order valence-electron chi connectivity index (χ4n) is 3.45. The number of hydrogen-bond acceptors (Lipinski definition) is 4. The largest absolute Gasteiger partial charge is 0.372 e. The Bertz CT molecular complexity index is 973. The van der Waals surface area contributed by atoms with Crippen molar-refractivity contribution < 1.29 is 13.2 Å². The van der Waals surface area contributed by atoms with E-state index in [9.17, 15) is 13.2 Å². The number of nitrogens with zero attached hydrogens (tertiary/aromatic N) is 2. The topological polar surface area (TPSA) is 69.7 Å². The van der Waals surface area contributed by atoms with E-state index >= 15 is 0 Å². The molecule has 1 unspecified atom stereocenters. The lowest BCUT2D eigenvalue weighted by atomic mass is 10.1. The predicted octanol–water partition coefficient (Wildman–Crippen LogP) is 4.70. The number of amides is 1. The van der Waals surface area contributed by atoms with E-state index in [-0.39, 0.29) is 12.1 Å². The molecule has 0 bridgehead atoms. The SMILES string of the molecule is CCC(C(=O)NCc1ccc(N(CC)CC)cc1)N(c1cc(Cl)cc(Cl)c1)S(C)(=O)=O. The number of benzene rings is 2. The molecule has 0 aliphatic carbocycles. The first-order valence-corrected chi connectivity index (χ1v) is 12.8. The molecule has 0 heterocycles. The van der Waals surface area contributed by atoms with Crippen molar-refractivity contribution in [1.82, 2.24) is 5.32 Å². The van der Waals surface area contributed by atoms with Gasteiger partial charge in [0.25, 0.3) is 0 Å². The second-order valence-electron chi connectivity index (χ2n) is 7.17. The van der Waals surface area contributed by atoms with Crippen LogP contribution in [0.15, 0.2) is 42.5 Å². The lowest BCUT2D eigenvalue weighted by Crippen LogP contribution is -2.49. The van der Waals surface area contributed by atoms with Gasteiger partial charge in [-0.3, -0.25) is 9.10 Å². The van der Waals surface area contributed by atoms with Gasteiger partial charge < -0.3 is 10.2 Å². The van der Waals surface area contributed by atoms with Gasteiger partial charge in [0.1, 0.15) is 6.04 Å². The monoisotopic (exact) mass is 485 g/mol. The van der Waals surface area contributed by atoms with Crippen LogP contribution in [-0.2, 0) is 21.4 Å². The molecule has 0 saturated carbocycles. The normalized spacial score (nSPS) is 12.3. The highest BCUT2D eigenvalue weighted by molar-refractivity contribution is 7.92. The van der Waals surface area contributed by atoms with Gasteiger partial charge in [0.2, 0.25) is 15.9 Å². The van der Waals surface area contributed by atoms with Gasteiger partial charge in [-0.25, -0.2) is 8.42 Å². The molecule has 9 heteroatoms. The highest BCUT2D eigenvalue weighted by Crippen LogP contribution is 2.29. The fraction of sp³-hybridized carbons (Fsp3) is 0.409. The van der Waals surface area contributed by atoms with E-state index in [0.29, 0.717) is 16.6 Å². The number of halogens is 2. The van der Waals surface area contributed by atoms with E-state index in [0.717, 1.165) is 34.9 Å². The van der Waals surface area contributed by atoms with Gasteiger partial charge in [-0.2, -0.15) is 0 Å². The molecule has 0 aliphatic heterocycles. The first-order chi connectivity index (χ1) is 14.6. The van der Waals surface area contributed by atoms with Crippen LogP contribution in [-0.4, -0.2) is 39.7 Å². The minimum Gasteiger partial charge on any atom is -0.372 e. The van der Waals surface area contributed by atoms with Crippen molar-refractivity contribution in [1.29, 1.82) is 0 Å². The highest BCUT2D eigenvalue weighted by atomic mass is 35.5. The molecule has 0 spiro atoms. The van der Waals surface area contributed by atoms with Gasteiger partial charge >= 0.3 is 0 Å². The maximum atomic E-state index is 13.0. The summed E-state index contributed by atoms with van der Waals surface area (Å²) in [6, 6.07) is 11.5. The number of sulfonamides is 1. The summed E-state index contributed by atoms with van der Waals surface area (Å²) in [6.45, 7) is 8.08. The molecular weight excluding hydrogens is 457 g/mol. The lowest BCUT2D eigenvalue weighted by Gasteiger charge is -2.30. The predicted molar refractivity (Wildman–Crippen MR) is 130 cm³/mol. The molecule has 170 valence electrons. The Morgan fingerprint density at radius 2 is 1.52 bits per heavy atom. The van der Waals surface area contributed by atoms with Crippen molar-refractivity contribution in [3.63, 3.8) is 0 Å². The summed E-state index contributed by atoms with van der Waals surface area (Å²) < 4.78 is 26.2. The van der Waals surface area contributed by atoms with Crippen LogP contribution < -0.4 is 14.5 Å². The summed E-state index contributed by atoms with van der Waals surface area (Å²) in [5.74, 6) is -0.392. The van der Waals surface area contributed by atoms with Crippen LogP contribution in [0.3, 0.4) is 0 Å². The molecule has 0 fully saturated rings. The molecule has 0 aliphatic rings. The van der Waals surface area contributed by atoms with Crippen molar-refractivity contribution in [3.8, 4) is 0 Å². The molecule has 0 aromatic heterocycles. The van der Waals surface area contributed by atoms with Crippen molar-refractivity contribution in [2.45, 2.75) is 39.8 Å². The van der Waals surface area contributed by atoms with Gasteiger partial charge in [0, 0.05) is 35.4 Å². The number of carbonyl (C=O) groups is 1. The molecule has 0 radical (unpaired) electrons. The van der Waals surface area contributed by atoms with Crippen molar-refractivity contribution in [2.75, 3.05) is 28.6 Å². The van der Waals surface area contributed by atoms with Crippen LogP contribution in [0.5, 0.6) is 0 Å². The number of anilines is 2. The van der Waals surface area contributed by atoms with Crippen LogP contribution >= 0.6 is 23.2 Å². The Balaban J connectivity index is 2.20. The molecule has 0 saturated heterocycles. The summed E-state index contributed by atoms with van der Waals surface area (Å²) in [5.41, 5.74) is 2.30. The molecule has 6 nitrogen and oxygen atoms in total. The molecule has 31 heavy (non-hydrogen) atoms. The van der Waals surface area contributed by atoms with Gasteiger partial charge in [0.05, 0.1) is 11.9 Å². The summed E-state index contributed by atoms with van der Waals surface area (Å²) in [5, 5.41) is 3.44. The Labute approximate surface area is 195 Å². The maximum absolute atomic E-state index is 13.0. The van der Waals surface area contributed by atoms with Crippen LogP contribution in [0.1, 0.15) is 32.8 Å². The quantitative estimate of drug-likeness (QED) is 0.529. The molecule has 2 rings (SSSR count). The summed E-state index contributed by atoms with van der Waals surface area (Å²) in [7, 11) is -3.76. The summed E-state index contributed by atoms with van der Waals surface area (Å²) in [6.07, 6.45) is 1.34. The third-order valence-electron chi connectivity index (χ3n) is 4.96. The summed E-state index contributed by atoms with van der Waals surface area (Å²) in [4.78, 5) is 15.2. The number of nitrogens with one attached hydrogen (secondary N) is 1. The average Bonchev–Trinajstić information content (AvgIpc) is 2.70. The third kappa shape index (κ3) is 6.76. The van der Waals surface area contributed by atoms with Crippen LogP contribution in [0.4, 0.5) is 11.4 Å². The molecule has 2 aromatic rings. The average molecular weight is 486 g/mol. The molecule has 1 atom stereocenters. The van der Waals surface area contributed by atoms with E-state index in [2.05, 4.69) is 24.1 Å². The Morgan fingerprint density at radius 1 is 0.968 bits per heavy atom. The number of carbonyl (C=O) groups excluding carboxylic acids is 1. The van der Waals surface area contributed by atoms with Gasteiger partial charge in [-0.15, -0.1) is 0 Å². The van der Waals surface area contributed by atoms with E-state index in [1.54, 1.807) is 6.92 Å². The third-order valence-corrected chi connectivity index (χ3v) is 6.58. The molecular formula is C22H29Cl2N3O3S. The number of rotatable bonds is 10. The summed E-state index contributed by atoms with van der Waals surface area (Å²) >= 11 is 12.1. The minimum absolute atomic E-state index is 0.255. The van der Waals surface area contributed by atoms with Crippen molar-refractivity contribution >= 4 is 50.5 Å². The van der Waals surface area contributed by atoms with Crippen molar-refractivity contribution in [2.24, 2.45) is 0 Å². The minimum atomic E-state index is -3.76. The van der Waals surface area contributed by atoms with E-state index in [1.807, 2.05) is 24.3 Å². The zero-order chi connectivity index (χ0) is 23.2. The van der Waals surface area contributed by atoms with E-state index in [1.165, 1.54) is 18.2 Å². The Hall–Kier alpha value is -1.96. The van der Waals surface area contributed by atoms with Crippen LogP contribution in [0.25, 0.3) is 0 Å². The number of hydrogen-bond donors (Lipinski definition) is 1. The van der Waals surface area contributed by atoms with Crippen LogP contribution in [0.2, 0.25) is 10.0 Å². The Morgan fingerprint density at radius 3 is 1.97 bits per heavy atom. The standard InChI is InChI=1S/C22H29Cl2N3O3S/c1-5-21(27(31(4,29)30)20-13-17(23)12-18(24)14-20)22(28)25-15-16-8-10-19(11-9-16)26(6-2)7-3/h8-14,21H,5-7,15H2,1-4H3,(H,25,28). The first-order valence-electron chi connectivity index (χ1n) is 10.2. The van der Waals surface area contributed by atoms with E-state index in [4.69, 9.17) is 23.2 Å². The zero-order valence-corrected chi connectivity index (χ0v) is 20.6. The van der Waals surface area contributed by atoms with Gasteiger partial charge in [-0.05, 0) is 56.2 Å². The van der Waals surface area contributed by atoms with Gasteiger partial charge in [0.15, 0.2) is 0 Å². The molecule has 1 amide bonds. The first kappa shape index (κ1) is 25.3. The van der Waals surface area contributed by atoms with Crippen LogP contribution in [0, 0.1) is 0 Å². The Kier molecular flexibility index (Phi) is 9.03. The van der Waals surface area contributed by atoms with E-state index < -0.39 is 22.0 Å². The fourth-order valence-corrected chi connectivity index (χ4v) is 5.16. The zero-order valence-electron chi connectivity index (χ0n) is 18.2. The van der Waals surface area contributed by atoms with Crippen molar-refractivity contribution in [3.05, 3.63) is 58.1 Å². The maximum Gasteiger partial charge on any atom is 0.244 e. The second-order valence-corrected chi connectivity index (χ2v) is 9.90. The molecule has 2 aromatic carbocycles. The highest BCUT2D eigenvalue weighted by Gasteiger charge is 2.31. The van der Waals surface area contributed by atoms with Gasteiger partial charge in [-0.1, -0.05) is 42.3 Å². The second kappa shape index (κ2) is 11.1. The smallest absolute Gasteiger partial charge is 0.244 e. The molecule has 1 N–H and O–H groups in total.